The molecule has 0 saturated heterocycles. The van der Waals surface area contributed by atoms with Crippen LogP contribution in [0.25, 0.3) is 10.1 Å². The molecule has 0 fully saturated rings. The van der Waals surface area contributed by atoms with Gasteiger partial charge in [-0.05, 0) is 80.3 Å². The third kappa shape index (κ3) is 2.32. The molecule has 1 nitrogen and oxygen atoms in total. The van der Waals surface area contributed by atoms with Crippen LogP contribution in [0.3, 0.4) is 0 Å². The molecule has 1 aromatic heterocycles. The van der Waals surface area contributed by atoms with Crippen LogP contribution < -0.4 is 5.32 Å². The fourth-order valence-corrected chi connectivity index (χ4v) is 4.46. The predicted octanol–water partition coefficient (Wildman–Crippen LogP) is 4.76. The molecule has 1 aliphatic rings. The largest absolute Gasteiger partial charge is 0.309 e. The molecule has 1 aliphatic carbocycles. The lowest BCUT2D eigenvalue weighted by Crippen LogP contribution is -2.18. The van der Waals surface area contributed by atoms with Crippen LogP contribution in [-0.2, 0) is 12.8 Å². The van der Waals surface area contributed by atoms with Gasteiger partial charge in [0.05, 0.1) is 0 Å². The lowest BCUT2D eigenvalue weighted by molar-refractivity contribution is 0.576. The third-order valence-electron chi connectivity index (χ3n) is 4.28. The van der Waals surface area contributed by atoms with E-state index >= 15 is 0 Å². The van der Waals surface area contributed by atoms with Crippen LogP contribution in [0.1, 0.15) is 54.3 Å². The first kappa shape index (κ1) is 13.1. The van der Waals surface area contributed by atoms with E-state index in [1.165, 1.54) is 46.2 Å². The van der Waals surface area contributed by atoms with Gasteiger partial charge in [-0.2, -0.15) is 0 Å². The molecule has 1 N–H and O–H groups in total. The summed E-state index contributed by atoms with van der Waals surface area (Å²) >= 11 is 1.99. The van der Waals surface area contributed by atoms with E-state index in [0.717, 1.165) is 6.54 Å². The minimum atomic E-state index is 0.479. The van der Waals surface area contributed by atoms with Gasteiger partial charge >= 0.3 is 0 Å². The molecule has 0 aliphatic heterocycles. The molecular formula is C17H23NS. The van der Waals surface area contributed by atoms with Gasteiger partial charge in [0.1, 0.15) is 0 Å². The first-order chi connectivity index (χ1) is 9.20. The lowest BCUT2D eigenvalue weighted by atomic mass is 10.0. The molecule has 1 aromatic carbocycles. The molecule has 102 valence electrons. The van der Waals surface area contributed by atoms with Gasteiger partial charge in [-0.25, -0.2) is 0 Å². The van der Waals surface area contributed by atoms with Crippen LogP contribution in [-0.4, -0.2) is 6.54 Å². The van der Waals surface area contributed by atoms with Crippen molar-refractivity contribution in [3.8, 4) is 0 Å². The average molecular weight is 273 g/mol. The highest BCUT2D eigenvalue weighted by molar-refractivity contribution is 7.19. The second-order valence-electron chi connectivity index (χ2n) is 5.74. The Hall–Kier alpha value is -0.860. The van der Waals surface area contributed by atoms with E-state index in [9.17, 15) is 0 Å². The Morgan fingerprint density at radius 1 is 1.26 bits per heavy atom. The first-order valence-corrected chi connectivity index (χ1v) is 8.30. The molecule has 0 radical (unpaired) electrons. The zero-order chi connectivity index (χ0) is 13.4. The molecule has 19 heavy (non-hydrogen) atoms. The van der Waals surface area contributed by atoms with E-state index in [0.29, 0.717) is 6.04 Å². The van der Waals surface area contributed by atoms with Crippen LogP contribution in [0.2, 0.25) is 0 Å². The quantitative estimate of drug-likeness (QED) is 0.847. The normalized spacial score (nSPS) is 15.9. The van der Waals surface area contributed by atoms with Crippen LogP contribution in [0.5, 0.6) is 0 Å². The fraction of sp³-hybridized carbons (Fsp3) is 0.529. The van der Waals surface area contributed by atoms with E-state index in [1.54, 1.807) is 11.1 Å². The summed E-state index contributed by atoms with van der Waals surface area (Å²) in [7, 11) is 0. The fourth-order valence-electron chi connectivity index (χ4n) is 3.17. The number of rotatable bonds is 4. The van der Waals surface area contributed by atoms with Crippen molar-refractivity contribution < 1.29 is 0 Å². The molecular weight excluding hydrogens is 250 g/mol. The number of fused-ring (bicyclic) bond motifs is 2. The molecule has 2 aromatic rings. The standard InChI is InChI=1S/C17H23NS/c1-4-8-18-12(3)17-11(2)15-9-13-6-5-7-14(13)10-16(15)19-17/h9-10,12,18H,4-8H2,1-3H3. The zero-order valence-electron chi connectivity index (χ0n) is 12.2. The number of nitrogens with one attached hydrogen (secondary N) is 1. The third-order valence-corrected chi connectivity index (χ3v) is 5.72. The Morgan fingerprint density at radius 3 is 2.74 bits per heavy atom. The minimum absolute atomic E-state index is 0.479. The summed E-state index contributed by atoms with van der Waals surface area (Å²) < 4.78 is 1.48. The molecule has 0 amide bonds. The average Bonchev–Trinajstić information content (AvgIpc) is 2.98. The molecule has 2 heteroatoms. The summed E-state index contributed by atoms with van der Waals surface area (Å²) in [5.41, 5.74) is 4.68. The molecule has 0 spiro atoms. The summed E-state index contributed by atoms with van der Waals surface area (Å²) in [6.07, 6.45) is 5.09. The van der Waals surface area contributed by atoms with Crippen molar-refractivity contribution in [2.75, 3.05) is 6.54 Å². The summed E-state index contributed by atoms with van der Waals surface area (Å²) in [6, 6.07) is 5.39. The summed E-state index contributed by atoms with van der Waals surface area (Å²) in [5.74, 6) is 0. The summed E-state index contributed by atoms with van der Waals surface area (Å²) in [6.45, 7) is 7.91. The monoisotopic (exact) mass is 273 g/mol. The van der Waals surface area contributed by atoms with Gasteiger partial charge < -0.3 is 5.32 Å². The molecule has 1 atom stereocenters. The van der Waals surface area contributed by atoms with Gasteiger partial charge in [0.25, 0.3) is 0 Å². The topological polar surface area (TPSA) is 12.0 Å². The highest BCUT2D eigenvalue weighted by atomic mass is 32.1. The Morgan fingerprint density at radius 2 is 2.00 bits per heavy atom. The first-order valence-electron chi connectivity index (χ1n) is 7.49. The molecule has 1 heterocycles. The number of hydrogen-bond donors (Lipinski definition) is 1. The van der Waals surface area contributed by atoms with E-state index in [-0.39, 0.29) is 0 Å². The molecule has 0 saturated carbocycles. The molecule has 1 unspecified atom stereocenters. The zero-order valence-corrected chi connectivity index (χ0v) is 13.0. The molecule has 3 rings (SSSR count). The number of benzene rings is 1. The maximum atomic E-state index is 3.62. The summed E-state index contributed by atoms with van der Waals surface area (Å²) in [5, 5.41) is 5.11. The van der Waals surface area contributed by atoms with Gasteiger partial charge in [0, 0.05) is 15.6 Å². The van der Waals surface area contributed by atoms with Crippen LogP contribution >= 0.6 is 11.3 Å². The van der Waals surface area contributed by atoms with Gasteiger partial charge in [-0.3, -0.25) is 0 Å². The Kier molecular flexibility index (Phi) is 3.64. The van der Waals surface area contributed by atoms with Crippen molar-refractivity contribution in [2.45, 2.75) is 52.5 Å². The number of aryl methyl sites for hydroxylation is 3. The van der Waals surface area contributed by atoms with Crippen molar-refractivity contribution in [1.82, 2.24) is 5.32 Å². The van der Waals surface area contributed by atoms with Crippen molar-refractivity contribution in [1.29, 1.82) is 0 Å². The Labute approximate surface area is 120 Å². The van der Waals surface area contributed by atoms with Gasteiger partial charge in [-0.15, -0.1) is 11.3 Å². The second-order valence-corrected chi connectivity index (χ2v) is 6.82. The Bertz CT molecular complexity index is 597. The number of hydrogen-bond acceptors (Lipinski definition) is 2. The smallest absolute Gasteiger partial charge is 0.0389 e. The van der Waals surface area contributed by atoms with Crippen LogP contribution in [0, 0.1) is 6.92 Å². The van der Waals surface area contributed by atoms with E-state index in [1.807, 2.05) is 11.3 Å². The maximum absolute atomic E-state index is 3.62. The maximum Gasteiger partial charge on any atom is 0.0389 e. The van der Waals surface area contributed by atoms with E-state index < -0.39 is 0 Å². The lowest BCUT2D eigenvalue weighted by Gasteiger charge is -2.12. The highest BCUT2D eigenvalue weighted by Crippen LogP contribution is 2.38. The SMILES string of the molecule is CCCNC(C)c1sc2cc3c(cc2c1C)CCC3. The Balaban J connectivity index is 2.01. The van der Waals surface area contributed by atoms with Crippen LogP contribution in [0.15, 0.2) is 12.1 Å². The molecule has 0 bridgehead atoms. The van der Waals surface area contributed by atoms with Crippen molar-refractivity contribution in [2.24, 2.45) is 0 Å². The van der Waals surface area contributed by atoms with Crippen molar-refractivity contribution in [3.05, 3.63) is 33.7 Å². The van der Waals surface area contributed by atoms with E-state index in [2.05, 4.69) is 38.2 Å². The van der Waals surface area contributed by atoms with Crippen LogP contribution in [0.4, 0.5) is 0 Å². The minimum Gasteiger partial charge on any atom is -0.309 e. The number of thiophene rings is 1. The van der Waals surface area contributed by atoms with Gasteiger partial charge in [0.2, 0.25) is 0 Å². The summed E-state index contributed by atoms with van der Waals surface area (Å²) in [4.78, 5) is 1.52. The van der Waals surface area contributed by atoms with Crippen molar-refractivity contribution >= 4 is 21.4 Å². The van der Waals surface area contributed by atoms with Gasteiger partial charge in [-0.1, -0.05) is 6.92 Å². The highest BCUT2D eigenvalue weighted by Gasteiger charge is 2.18. The van der Waals surface area contributed by atoms with Gasteiger partial charge in [0.15, 0.2) is 0 Å². The predicted molar refractivity (Wildman–Crippen MR) is 85.3 cm³/mol. The van der Waals surface area contributed by atoms with E-state index in [4.69, 9.17) is 0 Å². The van der Waals surface area contributed by atoms with Crippen molar-refractivity contribution in [3.63, 3.8) is 0 Å². The second kappa shape index (κ2) is 5.26.